The zero-order chi connectivity index (χ0) is 17.6. The highest BCUT2D eigenvalue weighted by Crippen LogP contribution is 2.24. The number of para-hydroxylation sites is 1. The van der Waals surface area contributed by atoms with E-state index in [9.17, 15) is 4.79 Å². The lowest BCUT2D eigenvalue weighted by Gasteiger charge is -2.18. The van der Waals surface area contributed by atoms with Crippen molar-refractivity contribution < 1.29 is 4.79 Å². The zero-order valence-corrected chi connectivity index (χ0v) is 14.3. The van der Waals surface area contributed by atoms with Crippen LogP contribution in [0.2, 0.25) is 0 Å². The third-order valence-electron chi connectivity index (χ3n) is 3.88. The van der Waals surface area contributed by atoms with Crippen LogP contribution in [0, 0.1) is 0 Å². The van der Waals surface area contributed by atoms with E-state index in [1.54, 1.807) is 18.5 Å². The highest BCUT2D eigenvalue weighted by atomic mass is 16.1. The fraction of sp³-hybridized carbons (Fsp3) is 0.211. The predicted octanol–water partition coefficient (Wildman–Crippen LogP) is 3.19. The lowest BCUT2D eigenvalue weighted by Crippen LogP contribution is -2.22. The standard InChI is InChI=1S/C19H21N5O/c1-3-20-19(25)15-9-10-18(21-13-15)23-14(2)16-7-4-5-8-17(16)24-12-6-11-22-24/h4-14H,3H2,1-2H3,(H,20,25)(H,21,23). The number of carbonyl (C=O) groups excluding carboxylic acids is 1. The number of nitrogens with one attached hydrogen (secondary N) is 2. The molecule has 128 valence electrons. The number of anilines is 1. The number of hydrogen-bond acceptors (Lipinski definition) is 4. The Balaban J connectivity index is 1.77. The third kappa shape index (κ3) is 3.85. The summed E-state index contributed by atoms with van der Waals surface area (Å²) >= 11 is 0. The smallest absolute Gasteiger partial charge is 0.252 e. The van der Waals surface area contributed by atoms with Gasteiger partial charge in [-0.2, -0.15) is 5.10 Å². The minimum Gasteiger partial charge on any atom is -0.363 e. The average Bonchev–Trinajstić information content (AvgIpc) is 3.17. The van der Waals surface area contributed by atoms with E-state index in [0.29, 0.717) is 12.1 Å². The van der Waals surface area contributed by atoms with E-state index in [1.807, 2.05) is 48.1 Å². The van der Waals surface area contributed by atoms with Crippen LogP contribution >= 0.6 is 0 Å². The number of aromatic nitrogens is 3. The molecule has 6 nitrogen and oxygen atoms in total. The van der Waals surface area contributed by atoms with Crippen molar-refractivity contribution in [3.63, 3.8) is 0 Å². The van der Waals surface area contributed by atoms with Crippen LogP contribution in [0.5, 0.6) is 0 Å². The Bertz CT molecular complexity index is 827. The first-order chi connectivity index (χ1) is 12.2. The first-order valence-corrected chi connectivity index (χ1v) is 8.28. The van der Waals surface area contributed by atoms with Gasteiger partial charge in [0, 0.05) is 25.1 Å². The Kier molecular flexibility index (Phi) is 5.09. The lowest BCUT2D eigenvalue weighted by atomic mass is 10.1. The SMILES string of the molecule is CCNC(=O)c1ccc(NC(C)c2ccccc2-n2cccn2)nc1. The molecule has 2 N–H and O–H groups in total. The maximum absolute atomic E-state index is 11.8. The van der Waals surface area contributed by atoms with Gasteiger partial charge in [-0.25, -0.2) is 9.67 Å². The topological polar surface area (TPSA) is 71.8 Å². The van der Waals surface area contributed by atoms with Crippen molar-refractivity contribution in [2.45, 2.75) is 19.9 Å². The van der Waals surface area contributed by atoms with Crippen LogP contribution in [0.25, 0.3) is 5.69 Å². The van der Waals surface area contributed by atoms with Gasteiger partial charge in [0.2, 0.25) is 0 Å². The molecule has 0 aliphatic rings. The van der Waals surface area contributed by atoms with Crippen LogP contribution < -0.4 is 10.6 Å². The van der Waals surface area contributed by atoms with Crippen molar-refractivity contribution in [2.24, 2.45) is 0 Å². The summed E-state index contributed by atoms with van der Waals surface area (Å²) in [6, 6.07) is 13.6. The molecular formula is C19H21N5O. The van der Waals surface area contributed by atoms with Crippen LogP contribution in [-0.4, -0.2) is 27.2 Å². The first kappa shape index (κ1) is 16.7. The molecule has 2 aromatic heterocycles. The van der Waals surface area contributed by atoms with E-state index in [2.05, 4.69) is 33.7 Å². The number of nitrogens with zero attached hydrogens (tertiary/aromatic N) is 3. The van der Waals surface area contributed by atoms with Gasteiger partial charge in [0.05, 0.1) is 17.3 Å². The monoisotopic (exact) mass is 335 g/mol. The van der Waals surface area contributed by atoms with Gasteiger partial charge in [-0.1, -0.05) is 18.2 Å². The quantitative estimate of drug-likeness (QED) is 0.726. The van der Waals surface area contributed by atoms with Gasteiger partial charge in [0.25, 0.3) is 5.91 Å². The van der Waals surface area contributed by atoms with Gasteiger partial charge in [0.1, 0.15) is 5.82 Å². The fourth-order valence-electron chi connectivity index (χ4n) is 2.65. The highest BCUT2D eigenvalue weighted by Gasteiger charge is 2.13. The molecule has 25 heavy (non-hydrogen) atoms. The van der Waals surface area contributed by atoms with E-state index < -0.39 is 0 Å². The summed E-state index contributed by atoms with van der Waals surface area (Å²) in [5, 5.41) is 10.5. The molecule has 1 aromatic carbocycles. The van der Waals surface area contributed by atoms with Crippen LogP contribution in [0.3, 0.4) is 0 Å². The molecule has 0 radical (unpaired) electrons. The molecule has 0 bridgehead atoms. The van der Waals surface area contributed by atoms with Gasteiger partial charge in [0.15, 0.2) is 0 Å². The zero-order valence-electron chi connectivity index (χ0n) is 14.3. The van der Waals surface area contributed by atoms with E-state index in [4.69, 9.17) is 0 Å². The van der Waals surface area contributed by atoms with Gasteiger partial charge in [-0.15, -0.1) is 0 Å². The molecule has 3 rings (SSSR count). The van der Waals surface area contributed by atoms with Crippen molar-refractivity contribution in [3.05, 3.63) is 72.2 Å². The second kappa shape index (κ2) is 7.61. The Morgan fingerprint density at radius 3 is 2.72 bits per heavy atom. The van der Waals surface area contributed by atoms with Gasteiger partial charge < -0.3 is 10.6 Å². The Morgan fingerprint density at radius 2 is 2.04 bits per heavy atom. The normalized spacial score (nSPS) is 11.8. The van der Waals surface area contributed by atoms with E-state index >= 15 is 0 Å². The number of carbonyl (C=O) groups is 1. The van der Waals surface area contributed by atoms with Crippen LogP contribution in [-0.2, 0) is 0 Å². The average molecular weight is 335 g/mol. The van der Waals surface area contributed by atoms with Gasteiger partial charge in [-0.05, 0) is 43.7 Å². The molecule has 0 aliphatic carbocycles. The summed E-state index contributed by atoms with van der Waals surface area (Å²) in [5.41, 5.74) is 2.68. The van der Waals surface area contributed by atoms with Crippen LogP contribution in [0.15, 0.2) is 61.1 Å². The Labute approximate surface area is 146 Å². The van der Waals surface area contributed by atoms with Crippen molar-refractivity contribution in [1.29, 1.82) is 0 Å². The van der Waals surface area contributed by atoms with E-state index in [0.717, 1.165) is 17.1 Å². The second-order valence-electron chi connectivity index (χ2n) is 5.67. The van der Waals surface area contributed by atoms with Crippen molar-refractivity contribution in [1.82, 2.24) is 20.1 Å². The summed E-state index contributed by atoms with van der Waals surface area (Å²) < 4.78 is 1.85. The molecule has 0 saturated carbocycles. The highest BCUT2D eigenvalue weighted by molar-refractivity contribution is 5.93. The summed E-state index contributed by atoms with van der Waals surface area (Å²) in [4.78, 5) is 16.1. The summed E-state index contributed by atoms with van der Waals surface area (Å²) in [6.45, 7) is 4.56. The van der Waals surface area contributed by atoms with Crippen molar-refractivity contribution in [2.75, 3.05) is 11.9 Å². The molecule has 3 aromatic rings. The molecule has 0 spiro atoms. The minimum absolute atomic E-state index is 0.0308. The van der Waals surface area contributed by atoms with E-state index in [-0.39, 0.29) is 11.9 Å². The minimum atomic E-state index is -0.112. The van der Waals surface area contributed by atoms with Gasteiger partial charge >= 0.3 is 0 Å². The summed E-state index contributed by atoms with van der Waals surface area (Å²) in [6.07, 6.45) is 5.26. The van der Waals surface area contributed by atoms with Crippen LogP contribution in [0.1, 0.15) is 35.8 Å². The van der Waals surface area contributed by atoms with Crippen molar-refractivity contribution in [3.8, 4) is 5.69 Å². The number of hydrogen-bond donors (Lipinski definition) is 2. The lowest BCUT2D eigenvalue weighted by molar-refractivity contribution is 0.0955. The van der Waals surface area contributed by atoms with Gasteiger partial charge in [-0.3, -0.25) is 4.79 Å². The fourth-order valence-corrected chi connectivity index (χ4v) is 2.65. The number of amides is 1. The van der Waals surface area contributed by atoms with Crippen molar-refractivity contribution >= 4 is 11.7 Å². The molecule has 0 fully saturated rings. The molecule has 0 aliphatic heterocycles. The first-order valence-electron chi connectivity index (χ1n) is 8.28. The maximum Gasteiger partial charge on any atom is 0.252 e. The molecule has 1 unspecified atom stereocenters. The molecule has 6 heteroatoms. The maximum atomic E-state index is 11.8. The summed E-state index contributed by atoms with van der Waals surface area (Å²) in [5.74, 6) is 0.606. The number of benzene rings is 1. The molecule has 0 saturated heterocycles. The number of rotatable bonds is 6. The second-order valence-corrected chi connectivity index (χ2v) is 5.67. The predicted molar refractivity (Wildman–Crippen MR) is 97.8 cm³/mol. The number of pyridine rings is 1. The molecule has 2 heterocycles. The molecule has 1 atom stereocenters. The third-order valence-corrected chi connectivity index (χ3v) is 3.88. The molecule has 1 amide bonds. The summed E-state index contributed by atoms with van der Waals surface area (Å²) in [7, 11) is 0. The Hall–Kier alpha value is -3.15. The van der Waals surface area contributed by atoms with Crippen LogP contribution in [0.4, 0.5) is 5.82 Å². The molecular weight excluding hydrogens is 314 g/mol. The Morgan fingerprint density at radius 1 is 1.20 bits per heavy atom. The van der Waals surface area contributed by atoms with E-state index in [1.165, 1.54) is 0 Å². The largest absolute Gasteiger partial charge is 0.363 e.